The van der Waals surface area contributed by atoms with Crippen LogP contribution in [-0.2, 0) is 12.8 Å². The van der Waals surface area contributed by atoms with Crippen molar-refractivity contribution in [2.24, 2.45) is 5.73 Å². The Bertz CT molecular complexity index is 501. The minimum Gasteiger partial charge on any atom is -0.323 e. The Morgan fingerprint density at radius 2 is 2.17 bits per heavy atom. The largest absolute Gasteiger partial charge is 0.323 e. The van der Waals surface area contributed by atoms with Gasteiger partial charge in [-0.3, -0.25) is 0 Å². The molecule has 1 unspecified atom stereocenters. The molecule has 0 aliphatic heterocycles. The molecule has 0 aromatic carbocycles. The van der Waals surface area contributed by atoms with E-state index in [9.17, 15) is 0 Å². The molecule has 2 N–H and O–H groups in total. The molecule has 0 saturated carbocycles. The van der Waals surface area contributed by atoms with Gasteiger partial charge in [0, 0.05) is 28.3 Å². The van der Waals surface area contributed by atoms with Crippen molar-refractivity contribution in [2.45, 2.75) is 45.7 Å². The van der Waals surface area contributed by atoms with Gasteiger partial charge in [-0.05, 0) is 32.4 Å². The molecule has 0 aliphatic carbocycles. The summed E-state index contributed by atoms with van der Waals surface area (Å²) in [4.78, 5) is 6.91. The predicted octanol–water partition coefficient (Wildman–Crippen LogP) is 2.73. The normalized spacial score (nSPS) is 13.2. The average Bonchev–Trinajstić information content (AvgIpc) is 2.96. The molecule has 2 heterocycles. The minimum absolute atomic E-state index is 0.0111. The smallest absolute Gasteiger partial charge is 0.138 e. The molecule has 0 radical (unpaired) electrons. The zero-order chi connectivity index (χ0) is 13.1. The first-order valence-corrected chi connectivity index (χ1v) is 7.16. The summed E-state index contributed by atoms with van der Waals surface area (Å²) in [7, 11) is 0. The van der Waals surface area contributed by atoms with E-state index >= 15 is 0 Å². The standard InChI is InChI=1S/C13H20N4S/c1-4-10-5-6-12(18-10)11(14)7-13-15-8-16-17(13)9(2)3/h5-6,8-9,11H,4,7,14H2,1-3H3. The summed E-state index contributed by atoms with van der Waals surface area (Å²) >= 11 is 1.79. The number of hydrogen-bond acceptors (Lipinski definition) is 4. The van der Waals surface area contributed by atoms with Crippen LogP contribution < -0.4 is 5.73 Å². The first-order chi connectivity index (χ1) is 8.61. The maximum atomic E-state index is 6.25. The van der Waals surface area contributed by atoms with Gasteiger partial charge >= 0.3 is 0 Å². The van der Waals surface area contributed by atoms with E-state index in [1.165, 1.54) is 9.75 Å². The minimum atomic E-state index is 0.0111. The van der Waals surface area contributed by atoms with Crippen molar-refractivity contribution in [2.75, 3.05) is 0 Å². The van der Waals surface area contributed by atoms with Crippen molar-refractivity contribution in [3.05, 3.63) is 34.0 Å². The fourth-order valence-corrected chi connectivity index (χ4v) is 2.89. The lowest BCUT2D eigenvalue weighted by atomic mass is 10.1. The number of aromatic nitrogens is 3. The SMILES string of the molecule is CCc1ccc(C(N)Cc2ncnn2C(C)C)s1. The number of rotatable bonds is 5. The van der Waals surface area contributed by atoms with Crippen molar-refractivity contribution in [3.8, 4) is 0 Å². The molecule has 0 spiro atoms. The van der Waals surface area contributed by atoms with Crippen LogP contribution in [0.1, 0.15) is 48.4 Å². The van der Waals surface area contributed by atoms with Crippen LogP contribution in [0.5, 0.6) is 0 Å². The van der Waals surface area contributed by atoms with Gasteiger partial charge in [0.05, 0.1) is 0 Å². The summed E-state index contributed by atoms with van der Waals surface area (Å²) in [6, 6.07) is 4.62. The lowest BCUT2D eigenvalue weighted by Gasteiger charge is -2.12. The number of hydrogen-bond donors (Lipinski definition) is 1. The average molecular weight is 264 g/mol. The van der Waals surface area contributed by atoms with Crippen LogP contribution in [0.3, 0.4) is 0 Å². The van der Waals surface area contributed by atoms with Gasteiger partial charge in [-0.2, -0.15) is 5.10 Å². The van der Waals surface area contributed by atoms with E-state index in [-0.39, 0.29) is 6.04 Å². The molecule has 0 bridgehead atoms. The monoisotopic (exact) mass is 264 g/mol. The lowest BCUT2D eigenvalue weighted by Crippen LogP contribution is -2.17. The molecule has 1 atom stereocenters. The summed E-state index contributed by atoms with van der Waals surface area (Å²) in [5.41, 5.74) is 6.25. The molecular weight excluding hydrogens is 244 g/mol. The van der Waals surface area contributed by atoms with Gasteiger partial charge < -0.3 is 5.73 Å². The Kier molecular flexibility index (Phi) is 4.14. The number of nitrogens with zero attached hydrogens (tertiary/aromatic N) is 3. The van der Waals surface area contributed by atoms with E-state index in [4.69, 9.17) is 5.73 Å². The van der Waals surface area contributed by atoms with Crippen molar-refractivity contribution < 1.29 is 0 Å². The molecule has 0 aliphatic rings. The molecule has 98 valence electrons. The quantitative estimate of drug-likeness (QED) is 0.903. The predicted molar refractivity (Wildman–Crippen MR) is 74.7 cm³/mol. The van der Waals surface area contributed by atoms with Gasteiger partial charge in [0.2, 0.25) is 0 Å². The molecule has 2 aromatic rings. The van der Waals surface area contributed by atoms with E-state index in [0.29, 0.717) is 6.04 Å². The zero-order valence-electron chi connectivity index (χ0n) is 11.1. The maximum absolute atomic E-state index is 6.25. The third-order valence-electron chi connectivity index (χ3n) is 2.94. The van der Waals surface area contributed by atoms with Crippen LogP contribution >= 0.6 is 11.3 Å². The van der Waals surface area contributed by atoms with Crippen LogP contribution in [0.25, 0.3) is 0 Å². The third-order valence-corrected chi connectivity index (χ3v) is 4.30. The van der Waals surface area contributed by atoms with Gasteiger partial charge in [0.25, 0.3) is 0 Å². The zero-order valence-corrected chi connectivity index (χ0v) is 11.9. The highest BCUT2D eigenvalue weighted by molar-refractivity contribution is 7.12. The Morgan fingerprint density at radius 1 is 1.39 bits per heavy atom. The van der Waals surface area contributed by atoms with Crippen molar-refractivity contribution in [3.63, 3.8) is 0 Å². The number of nitrogens with two attached hydrogens (primary N) is 1. The fourth-order valence-electron chi connectivity index (χ4n) is 1.93. The van der Waals surface area contributed by atoms with Crippen molar-refractivity contribution >= 4 is 11.3 Å². The lowest BCUT2D eigenvalue weighted by molar-refractivity contribution is 0.494. The maximum Gasteiger partial charge on any atom is 0.138 e. The third kappa shape index (κ3) is 2.79. The number of aryl methyl sites for hydroxylation is 1. The van der Waals surface area contributed by atoms with Crippen LogP contribution in [0.4, 0.5) is 0 Å². The van der Waals surface area contributed by atoms with E-state index in [0.717, 1.165) is 18.7 Å². The summed E-state index contributed by atoms with van der Waals surface area (Å²) < 4.78 is 1.94. The summed E-state index contributed by atoms with van der Waals surface area (Å²) in [5, 5.41) is 4.24. The summed E-state index contributed by atoms with van der Waals surface area (Å²) in [5.74, 6) is 0.962. The Labute approximate surface area is 112 Å². The molecule has 2 aromatic heterocycles. The Hall–Kier alpha value is -1.20. The Balaban J connectivity index is 2.11. The number of thiophene rings is 1. The second-order valence-corrected chi connectivity index (χ2v) is 5.88. The highest BCUT2D eigenvalue weighted by atomic mass is 32.1. The molecule has 0 fully saturated rings. The summed E-state index contributed by atoms with van der Waals surface area (Å²) in [6.07, 6.45) is 3.41. The van der Waals surface area contributed by atoms with Gasteiger partial charge in [-0.25, -0.2) is 9.67 Å². The second-order valence-electron chi connectivity index (χ2n) is 4.68. The topological polar surface area (TPSA) is 56.7 Å². The molecule has 0 amide bonds. The van der Waals surface area contributed by atoms with E-state index in [2.05, 4.69) is 43.0 Å². The molecular formula is C13H20N4S. The summed E-state index contributed by atoms with van der Waals surface area (Å²) in [6.45, 7) is 6.37. The molecule has 5 heteroatoms. The first-order valence-electron chi connectivity index (χ1n) is 6.34. The van der Waals surface area contributed by atoms with E-state index in [1.807, 2.05) is 4.68 Å². The fraction of sp³-hybridized carbons (Fsp3) is 0.538. The highest BCUT2D eigenvalue weighted by Gasteiger charge is 2.15. The first kappa shape index (κ1) is 13.2. The molecule has 2 rings (SSSR count). The molecule has 18 heavy (non-hydrogen) atoms. The van der Waals surface area contributed by atoms with Crippen LogP contribution in [0, 0.1) is 0 Å². The van der Waals surface area contributed by atoms with Gasteiger partial charge in [-0.15, -0.1) is 11.3 Å². The van der Waals surface area contributed by atoms with Gasteiger partial charge in [0.15, 0.2) is 0 Å². The Morgan fingerprint density at radius 3 is 2.78 bits per heavy atom. The van der Waals surface area contributed by atoms with Gasteiger partial charge in [0.1, 0.15) is 12.2 Å². The van der Waals surface area contributed by atoms with Crippen LogP contribution in [0.2, 0.25) is 0 Å². The molecule has 0 saturated heterocycles. The van der Waals surface area contributed by atoms with Crippen LogP contribution in [0.15, 0.2) is 18.5 Å². The van der Waals surface area contributed by atoms with E-state index < -0.39 is 0 Å². The second kappa shape index (κ2) is 5.63. The van der Waals surface area contributed by atoms with Crippen molar-refractivity contribution in [1.29, 1.82) is 0 Å². The molecule has 4 nitrogen and oxygen atoms in total. The van der Waals surface area contributed by atoms with E-state index in [1.54, 1.807) is 17.7 Å². The highest BCUT2D eigenvalue weighted by Crippen LogP contribution is 2.24. The van der Waals surface area contributed by atoms with Gasteiger partial charge in [-0.1, -0.05) is 6.92 Å². The van der Waals surface area contributed by atoms with Crippen LogP contribution in [-0.4, -0.2) is 14.8 Å². The van der Waals surface area contributed by atoms with Crippen molar-refractivity contribution in [1.82, 2.24) is 14.8 Å².